The van der Waals surface area contributed by atoms with Crippen LogP contribution in [-0.4, -0.2) is 6.15 Å². The average Bonchev–Trinajstić information content (AvgIpc) is 2.89. The molecule has 0 spiro atoms. The van der Waals surface area contributed by atoms with E-state index >= 15 is 0 Å². The van der Waals surface area contributed by atoms with Crippen LogP contribution in [0.15, 0.2) is 159 Å². The van der Waals surface area contributed by atoms with Crippen LogP contribution < -0.4 is 28.0 Å². The largest absolute Gasteiger partial charge is 0.369 e. The van der Waals surface area contributed by atoms with Gasteiger partial charge in [0.05, 0.1) is 0 Å². The van der Waals surface area contributed by atoms with Crippen molar-refractivity contribution in [3.63, 3.8) is 0 Å². The first-order valence-electron chi connectivity index (χ1n) is 11.8. The fourth-order valence-electron chi connectivity index (χ4n) is 4.12. The topological polar surface area (TPSA) is 36.5 Å². The summed E-state index contributed by atoms with van der Waals surface area (Å²) < 4.78 is 0. The second kappa shape index (κ2) is 18.5. The van der Waals surface area contributed by atoms with Crippen LogP contribution in [0.3, 0.4) is 0 Å². The molecule has 4 aromatic rings. The van der Waals surface area contributed by atoms with E-state index in [4.69, 9.17) is 0 Å². The number of allylic oxidation sites excluding steroid dienone is 3. The van der Waals surface area contributed by atoms with E-state index in [9.17, 15) is 0 Å². The van der Waals surface area contributed by atoms with E-state index in [1.165, 1.54) is 21.9 Å². The number of quaternary nitrogens is 1. The second-order valence-electron chi connectivity index (χ2n) is 7.73. The number of hydrogen-bond acceptors (Lipinski definition) is 0. The molecule has 4 N–H and O–H groups in total. The van der Waals surface area contributed by atoms with Gasteiger partial charge in [-0.25, -0.2) is 0 Å². The lowest BCUT2D eigenvalue weighted by Crippen LogP contribution is -2.74. The molecule has 0 aliphatic carbocycles. The van der Waals surface area contributed by atoms with E-state index in [0.717, 1.165) is 0 Å². The molecule has 0 atom stereocenters. The summed E-state index contributed by atoms with van der Waals surface area (Å²) in [6, 6.07) is 43.5. The lowest BCUT2D eigenvalue weighted by Gasteiger charge is -2.44. The highest BCUT2D eigenvalue weighted by Crippen LogP contribution is 2.09. The molecule has 182 valence electrons. The van der Waals surface area contributed by atoms with Gasteiger partial charge in [0, 0.05) is 0 Å². The highest BCUT2D eigenvalue weighted by atomic mass is 14.1. The standard InChI is InChI=1S/C24H20B.3C3H6.H3N/c1-5-13-21(14-6-1)25(22-15-7-2-8-16-22,23-17-9-3-10-18-23)24-19-11-4-12-20-24;3*1-3-2;/h1-20H;3*3H,1H2,2H3;1H3/q-1;;;;/p+1. The normalized spacial score (nSPS) is 9.11. The summed E-state index contributed by atoms with van der Waals surface area (Å²) in [5, 5.41) is 0. The van der Waals surface area contributed by atoms with Crippen LogP contribution in [0.1, 0.15) is 20.8 Å². The van der Waals surface area contributed by atoms with Crippen molar-refractivity contribution in [3.05, 3.63) is 159 Å². The minimum Gasteiger partial charge on any atom is -0.369 e. The fraction of sp³-hybridized carbons (Fsp3) is 0.0909. The molecular weight excluding hydrogens is 421 g/mol. The predicted molar refractivity (Wildman–Crippen MR) is 164 cm³/mol. The van der Waals surface area contributed by atoms with Crippen molar-refractivity contribution in [1.82, 2.24) is 6.15 Å². The first-order chi connectivity index (χ1) is 16.7. The third-order valence-corrected chi connectivity index (χ3v) is 5.20. The smallest absolute Gasteiger partial charge is 0.108 e. The van der Waals surface area contributed by atoms with Gasteiger partial charge in [-0.3, -0.25) is 0 Å². The van der Waals surface area contributed by atoms with Gasteiger partial charge in [-0.15, -0.1) is 19.7 Å². The lowest BCUT2D eigenvalue weighted by molar-refractivity contribution is 1.66. The molecule has 0 amide bonds. The molecule has 0 saturated heterocycles. The molecule has 0 aromatic heterocycles. The molecule has 0 bridgehead atoms. The summed E-state index contributed by atoms with van der Waals surface area (Å²) in [6.45, 7) is 15.8. The third-order valence-electron chi connectivity index (χ3n) is 5.20. The summed E-state index contributed by atoms with van der Waals surface area (Å²) in [4.78, 5) is 0. The minimum absolute atomic E-state index is 0. The Labute approximate surface area is 214 Å². The van der Waals surface area contributed by atoms with Crippen LogP contribution >= 0.6 is 0 Å². The van der Waals surface area contributed by atoms with Crippen molar-refractivity contribution in [2.45, 2.75) is 20.8 Å². The van der Waals surface area contributed by atoms with E-state index in [0.29, 0.717) is 0 Å². The van der Waals surface area contributed by atoms with Gasteiger partial charge >= 0.3 is 0 Å². The van der Waals surface area contributed by atoms with Crippen molar-refractivity contribution in [1.29, 1.82) is 0 Å². The monoisotopic (exact) mass is 463 g/mol. The second-order valence-corrected chi connectivity index (χ2v) is 7.73. The van der Waals surface area contributed by atoms with Crippen LogP contribution in [0.2, 0.25) is 0 Å². The van der Waals surface area contributed by atoms with E-state index < -0.39 is 6.15 Å². The van der Waals surface area contributed by atoms with Crippen molar-refractivity contribution < 1.29 is 0 Å². The maximum absolute atomic E-state index is 3.36. The Morgan fingerprint density at radius 1 is 0.400 bits per heavy atom. The third kappa shape index (κ3) is 8.77. The van der Waals surface area contributed by atoms with Gasteiger partial charge in [0.15, 0.2) is 0 Å². The molecule has 0 heterocycles. The highest BCUT2D eigenvalue weighted by molar-refractivity contribution is 7.19. The highest BCUT2D eigenvalue weighted by Gasteiger charge is 2.30. The van der Waals surface area contributed by atoms with Crippen LogP contribution in [0, 0.1) is 0 Å². The van der Waals surface area contributed by atoms with Gasteiger partial charge in [-0.2, -0.15) is 21.9 Å². The van der Waals surface area contributed by atoms with Gasteiger partial charge in [-0.1, -0.05) is 140 Å². The molecule has 4 aromatic carbocycles. The zero-order valence-electron chi connectivity index (χ0n) is 22.0. The summed E-state index contributed by atoms with van der Waals surface area (Å²) in [5.41, 5.74) is 5.36. The van der Waals surface area contributed by atoms with E-state index in [1.807, 2.05) is 20.8 Å². The summed E-state index contributed by atoms with van der Waals surface area (Å²) in [7, 11) is 0. The Bertz CT molecular complexity index is 881. The van der Waals surface area contributed by atoms with Crippen molar-refractivity contribution in [2.24, 2.45) is 0 Å². The quantitative estimate of drug-likeness (QED) is 0.250. The lowest BCUT2D eigenvalue weighted by atomic mass is 9.13. The Kier molecular flexibility index (Phi) is 16.5. The first kappa shape index (κ1) is 31.1. The Morgan fingerprint density at radius 2 is 0.543 bits per heavy atom. The zero-order valence-corrected chi connectivity index (χ0v) is 22.0. The number of hydrogen-bond donors (Lipinski definition) is 1. The van der Waals surface area contributed by atoms with E-state index in [2.05, 4.69) is 141 Å². The van der Waals surface area contributed by atoms with Crippen LogP contribution in [0.25, 0.3) is 0 Å². The van der Waals surface area contributed by atoms with Crippen molar-refractivity contribution >= 4 is 28.0 Å². The summed E-state index contributed by atoms with van der Waals surface area (Å²) >= 11 is 0. The molecule has 35 heavy (non-hydrogen) atoms. The SMILES string of the molecule is C=CC.C=CC.C=CC.[NH4+].c1ccc([B-](c2ccccc2)(c2ccccc2)c2ccccc2)cc1. The Hall–Kier alpha value is -3.88. The molecule has 0 saturated carbocycles. The maximum atomic E-state index is 3.36. The molecule has 4 rings (SSSR count). The molecular formula is C33H42BN. The molecule has 1 nitrogen and oxygen atoms in total. The Balaban J connectivity index is 0.00000102. The molecule has 0 fully saturated rings. The van der Waals surface area contributed by atoms with Gasteiger partial charge in [0.25, 0.3) is 0 Å². The average molecular weight is 464 g/mol. The van der Waals surface area contributed by atoms with Gasteiger partial charge in [0.2, 0.25) is 0 Å². The van der Waals surface area contributed by atoms with E-state index in [-0.39, 0.29) is 6.15 Å². The van der Waals surface area contributed by atoms with Crippen molar-refractivity contribution in [2.75, 3.05) is 0 Å². The molecule has 0 radical (unpaired) electrons. The van der Waals surface area contributed by atoms with Gasteiger partial charge in [-0.05, 0) is 20.8 Å². The number of benzene rings is 4. The van der Waals surface area contributed by atoms with Crippen LogP contribution in [0.4, 0.5) is 0 Å². The van der Waals surface area contributed by atoms with Crippen LogP contribution in [-0.2, 0) is 0 Å². The summed E-state index contributed by atoms with van der Waals surface area (Å²) in [5.74, 6) is 0. The molecule has 0 aliphatic rings. The number of rotatable bonds is 4. The molecule has 0 unspecified atom stereocenters. The fourth-order valence-corrected chi connectivity index (χ4v) is 4.12. The van der Waals surface area contributed by atoms with E-state index in [1.54, 1.807) is 18.2 Å². The minimum atomic E-state index is -1.22. The predicted octanol–water partition coefficient (Wildman–Crippen LogP) is 7.02. The molecule has 0 aliphatic heterocycles. The van der Waals surface area contributed by atoms with Crippen LogP contribution in [0.5, 0.6) is 0 Å². The zero-order chi connectivity index (χ0) is 25.1. The van der Waals surface area contributed by atoms with Gasteiger partial charge in [0.1, 0.15) is 6.15 Å². The molecule has 2 heteroatoms. The van der Waals surface area contributed by atoms with Gasteiger partial charge < -0.3 is 6.15 Å². The first-order valence-corrected chi connectivity index (χ1v) is 11.8. The van der Waals surface area contributed by atoms with Crippen molar-refractivity contribution in [3.8, 4) is 0 Å². The maximum Gasteiger partial charge on any atom is 0.108 e. The summed E-state index contributed by atoms with van der Waals surface area (Å²) in [6.07, 6.45) is 4.03. The Morgan fingerprint density at radius 3 is 0.686 bits per heavy atom.